The monoisotopic (exact) mass is 495 g/mol. The van der Waals surface area contributed by atoms with Crippen molar-refractivity contribution in [2.75, 3.05) is 31.1 Å². The van der Waals surface area contributed by atoms with E-state index in [2.05, 4.69) is 25.0 Å². The van der Waals surface area contributed by atoms with Crippen LogP contribution in [0.2, 0.25) is 0 Å². The molecule has 12 heteroatoms. The Bertz CT molecular complexity index is 1320. The predicted molar refractivity (Wildman–Crippen MR) is 125 cm³/mol. The highest BCUT2D eigenvalue weighted by molar-refractivity contribution is 5.78. The lowest BCUT2D eigenvalue weighted by Gasteiger charge is -2.33. The maximum Gasteiger partial charge on any atom is 0.387 e. The molecule has 1 fully saturated rings. The normalized spacial score (nSPS) is 13.9. The van der Waals surface area contributed by atoms with Crippen molar-refractivity contribution in [1.29, 1.82) is 0 Å². The number of ether oxygens (including phenoxy) is 1. The number of piperazine rings is 1. The van der Waals surface area contributed by atoms with Gasteiger partial charge in [-0.3, -0.25) is 14.5 Å². The molecule has 1 aliphatic heterocycles. The van der Waals surface area contributed by atoms with E-state index in [1.165, 1.54) is 12.3 Å². The van der Waals surface area contributed by atoms with Gasteiger partial charge >= 0.3 is 12.6 Å². The molecule has 4 heterocycles. The fourth-order valence-corrected chi connectivity index (χ4v) is 4.00. The van der Waals surface area contributed by atoms with Crippen LogP contribution in [0.3, 0.4) is 0 Å². The molecule has 186 valence electrons. The van der Waals surface area contributed by atoms with Crippen molar-refractivity contribution in [1.82, 2.24) is 29.9 Å². The number of halogens is 2. The van der Waals surface area contributed by atoms with Gasteiger partial charge in [0.05, 0.1) is 17.6 Å². The molecule has 0 saturated carbocycles. The highest BCUT2D eigenvalue weighted by Gasteiger charge is 2.25. The molecule has 0 spiro atoms. The van der Waals surface area contributed by atoms with Crippen LogP contribution in [0.15, 0.2) is 59.1 Å². The van der Waals surface area contributed by atoms with E-state index in [0.29, 0.717) is 49.5 Å². The molecule has 1 aliphatic rings. The van der Waals surface area contributed by atoms with Crippen LogP contribution in [-0.4, -0.2) is 68.6 Å². The zero-order valence-electron chi connectivity index (χ0n) is 19.4. The fourth-order valence-electron chi connectivity index (χ4n) is 4.00. The third-order valence-corrected chi connectivity index (χ3v) is 5.78. The summed E-state index contributed by atoms with van der Waals surface area (Å²) in [6.45, 7) is 1.05. The number of carbonyl (C=O) groups excluding carboxylic acids is 1. The first-order valence-corrected chi connectivity index (χ1v) is 11.3. The average Bonchev–Trinajstić information content (AvgIpc) is 3.51. The van der Waals surface area contributed by atoms with Crippen LogP contribution in [0, 0.1) is 6.92 Å². The Kier molecular flexibility index (Phi) is 6.56. The van der Waals surface area contributed by atoms with Gasteiger partial charge in [0.15, 0.2) is 0 Å². The molecule has 36 heavy (non-hydrogen) atoms. The summed E-state index contributed by atoms with van der Waals surface area (Å²) in [7, 11) is 0. The lowest BCUT2D eigenvalue weighted by molar-refractivity contribution is -0.132. The van der Waals surface area contributed by atoms with Crippen molar-refractivity contribution in [3.8, 4) is 28.4 Å². The van der Waals surface area contributed by atoms with Gasteiger partial charge in [0, 0.05) is 33.1 Å². The van der Waals surface area contributed by atoms with Gasteiger partial charge < -0.3 is 19.0 Å². The van der Waals surface area contributed by atoms with Crippen molar-refractivity contribution in [2.24, 2.45) is 0 Å². The van der Waals surface area contributed by atoms with Gasteiger partial charge in [-0.1, -0.05) is 35.4 Å². The Balaban J connectivity index is 1.33. The zero-order chi connectivity index (χ0) is 25.1. The summed E-state index contributed by atoms with van der Waals surface area (Å²) in [5.74, 6) is 0.385. The number of carbonyl (C=O) groups is 1. The van der Waals surface area contributed by atoms with Gasteiger partial charge in [-0.05, 0) is 23.8 Å². The van der Waals surface area contributed by atoms with E-state index in [4.69, 9.17) is 4.42 Å². The number of aryl methyl sites for hydroxylation is 1. The number of pyridine rings is 1. The fraction of sp³-hybridized carbons (Fsp3) is 0.292. The SMILES string of the molecule is Cc1nnc(N2CCN(C(=O)Cn3nc(-c4ccc(OC(F)F)cn4)cc3-c3ccccc3)CC2)o1. The molecule has 5 rings (SSSR count). The van der Waals surface area contributed by atoms with Gasteiger partial charge in [0.1, 0.15) is 18.0 Å². The molecule has 0 radical (unpaired) electrons. The van der Waals surface area contributed by atoms with Crippen molar-refractivity contribution in [3.05, 3.63) is 60.6 Å². The molecule has 1 amide bonds. The van der Waals surface area contributed by atoms with Crippen LogP contribution < -0.4 is 9.64 Å². The van der Waals surface area contributed by atoms with E-state index in [1.54, 1.807) is 22.6 Å². The molecular weight excluding hydrogens is 472 g/mol. The summed E-state index contributed by atoms with van der Waals surface area (Å²) in [6.07, 6.45) is 1.22. The smallest absolute Gasteiger partial charge is 0.387 e. The largest absolute Gasteiger partial charge is 0.433 e. The van der Waals surface area contributed by atoms with E-state index in [-0.39, 0.29) is 18.2 Å². The highest BCUT2D eigenvalue weighted by Crippen LogP contribution is 2.27. The van der Waals surface area contributed by atoms with Crippen molar-refractivity contribution in [2.45, 2.75) is 20.1 Å². The number of hydrogen-bond acceptors (Lipinski definition) is 8. The van der Waals surface area contributed by atoms with Crippen molar-refractivity contribution >= 4 is 11.9 Å². The molecule has 4 aromatic rings. The Labute approximate surface area is 205 Å². The topological polar surface area (TPSA) is 102 Å². The lowest BCUT2D eigenvalue weighted by atomic mass is 10.1. The van der Waals surface area contributed by atoms with Gasteiger partial charge in [0.2, 0.25) is 11.8 Å². The van der Waals surface area contributed by atoms with Crippen LogP contribution in [0.5, 0.6) is 5.75 Å². The maximum absolute atomic E-state index is 13.2. The Morgan fingerprint density at radius 1 is 1.06 bits per heavy atom. The summed E-state index contributed by atoms with van der Waals surface area (Å²) in [5, 5.41) is 12.5. The minimum absolute atomic E-state index is 0.0382. The molecule has 1 saturated heterocycles. The van der Waals surface area contributed by atoms with Crippen LogP contribution in [0.4, 0.5) is 14.8 Å². The van der Waals surface area contributed by atoms with Crippen LogP contribution in [0.25, 0.3) is 22.6 Å². The molecule has 0 atom stereocenters. The summed E-state index contributed by atoms with van der Waals surface area (Å²) in [4.78, 5) is 21.1. The number of alkyl halides is 2. The van der Waals surface area contributed by atoms with Crippen LogP contribution in [0.1, 0.15) is 5.89 Å². The first kappa shape index (κ1) is 23.4. The predicted octanol–water partition coefficient (Wildman–Crippen LogP) is 3.25. The molecule has 0 bridgehead atoms. The first-order valence-electron chi connectivity index (χ1n) is 11.3. The van der Waals surface area contributed by atoms with Gasteiger partial charge in [-0.25, -0.2) is 0 Å². The molecule has 0 unspecified atom stereocenters. The number of hydrogen-bond donors (Lipinski definition) is 0. The van der Waals surface area contributed by atoms with Crippen molar-refractivity contribution in [3.63, 3.8) is 0 Å². The van der Waals surface area contributed by atoms with Crippen molar-refractivity contribution < 1.29 is 22.7 Å². The van der Waals surface area contributed by atoms with Gasteiger partial charge in [0.25, 0.3) is 0 Å². The summed E-state index contributed by atoms with van der Waals surface area (Å²) < 4.78 is 36.4. The maximum atomic E-state index is 13.2. The Morgan fingerprint density at radius 2 is 1.83 bits per heavy atom. The van der Waals surface area contributed by atoms with E-state index >= 15 is 0 Å². The third kappa shape index (κ3) is 5.16. The minimum atomic E-state index is -2.93. The minimum Gasteiger partial charge on any atom is -0.433 e. The van der Waals surface area contributed by atoms with Gasteiger partial charge in [-0.15, -0.1) is 5.10 Å². The second kappa shape index (κ2) is 10.1. The van der Waals surface area contributed by atoms with Crippen LogP contribution in [-0.2, 0) is 11.3 Å². The number of amides is 1. The zero-order valence-corrected chi connectivity index (χ0v) is 19.4. The molecular formula is C24H23F2N7O3. The van der Waals surface area contributed by atoms with E-state index < -0.39 is 6.61 Å². The molecule has 0 N–H and O–H groups in total. The summed E-state index contributed by atoms with van der Waals surface area (Å²) >= 11 is 0. The van der Waals surface area contributed by atoms with Gasteiger partial charge in [-0.2, -0.15) is 13.9 Å². The van der Waals surface area contributed by atoms with E-state index in [1.807, 2.05) is 41.3 Å². The number of nitrogens with zero attached hydrogens (tertiary/aromatic N) is 7. The second-order valence-corrected chi connectivity index (χ2v) is 8.17. The average molecular weight is 495 g/mol. The van der Waals surface area contributed by atoms with Crippen LogP contribution >= 0.6 is 0 Å². The lowest BCUT2D eigenvalue weighted by Crippen LogP contribution is -2.49. The van der Waals surface area contributed by atoms with E-state index in [0.717, 1.165) is 11.3 Å². The molecule has 0 aliphatic carbocycles. The number of rotatable bonds is 7. The van der Waals surface area contributed by atoms with E-state index in [9.17, 15) is 13.6 Å². The first-order chi connectivity index (χ1) is 17.5. The number of benzene rings is 1. The Hall–Kier alpha value is -4.35. The second-order valence-electron chi connectivity index (χ2n) is 8.17. The number of aromatic nitrogens is 5. The highest BCUT2D eigenvalue weighted by atomic mass is 19.3. The third-order valence-electron chi connectivity index (χ3n) is 5.78. The molecule has 10 nitrogen and oxygen atoms in total. The summed E-state index contributed by atoms with van der Waals surface area (Å²) in [6, 6.07) is 14.8. The Morgan fingerprint density at radius 3 is 2.47 bits per heavy atom. The summed E-state index contributed by atoms with van der Waals surface area (Å²) in [5.41, 5.74) is 2.62. The quantitative estimate of drug-likeness (QED) is 0.385. The number of anilines is 1. The standard InChI is InChI=1S/C24H23F2N7O3/c1-16-28-29-24(35-16)32-11-9-31(10-12-32)22(34)15-33-21(17-5-3-2-4-6-17)13-20(30-33)19-8-7-18(14-27-19)36-23(25)26/h2-8,13-14,23H,9-12,15H2,1H3. The molecule has 3 aromatic heterocycles. The molecule has 1 aromatic carbocycles.